The summed E-state index contributed by atoms with van der Waals surface area (Å²) in [5.74, 6) is -0.957. The maximum absolute atomic E-state index is 12.1. The van der Waals surface area contributed by atoms with Crippen LogP contribution in [-0.2, 0) is 16.6 Å². The fraction of sp³-hybridized carbons (Fsp3) is 0.300. The van der Waals surface area contributed by atoms with Crippen LogP contribution in [0.3, 0.4) is 0 Å². The number of nitrogens with zero attached hydrogens (tertiary/aromatic N) is 2. The third-order valence-corrected chi connectivity index (χ3v) is 4.91. The number of thiazole rings is 1. The first kappa shape index (κ1) is 14.6. The first-order valence-corrected chi connectivity index (χ1v) is 7.78. The molecule has 0 aliphatic heterocycles. The summed E-state index contributed by atoms with van der Waals surface area (Å²) in [6.45, 7) is 2.93. The Hall–Kier alpha value is -1.78. The summed E-state index contributed by atoms with van der Waals surface area (Å²) in [5, 5.41) is 14.0. The standard InChI is InChI=1S/C10H11N3O5S2/c1-5-9(6(2)18-13-5)20(16,17)11-3-8-12-7(4-19-8)10(14)15/h4,11H,3H2,1-2H3,(H,14,15). The molecule has 2 aromatic heterocycles. The highest BCUT2D eigenvalue weighted by Crippen LogP contribution is 2.19. The van der Waals surface area contributed by atoms with E-state index in [9.17, 15) is 13.2 Å². The first-order valence-electron chi connectivity index (χ1n) is 5.41. The van der Waals surface area contributed by atoms with Gasteiger partial charge in [-0.25, -0.2) is 22.9 Å². The van der Waals surface area contributed by atoms with Gasteiger partial charge in [0.25, 0.3) is 0 Å². The third kappa shape index (κ3) is 2.86. The molecule has 0 aliphatic rings. The number of nitrogens with one attached hydrogen (secondary N) is 1. The van der Waals surface area contributed by atoms with Crippen molar-refractivity contribution in [2.75, 3.05) is 0 Å². The van der Waals surface area contributed by atoms with Gasteiger partial charge < -0.3 is 9.63 Å². The lowest BCUT2D eigenvalue weighted by atomic mass is 10.4. The topological polar surface area (TPSA) is 122 Å². The van der Waals surface area contributed by atoms with Crippen LogP contribution in [0.1, 0.15) is 27.0 Å². The highest BCUT2D eigenvalue weighted by molar-refractivity contribution is 7.89. The summed E-state index contributed by atoms with van der Waals surface area (Å²) in [7, 11) is -3.77. The largest absolute Gasteiger partial charge is 0.476 e. The van der Waals surface area contributed by atoms with Crippen molar-refractivity contribution in [2.45, 2.75) is 25.3 Å². The van der Waals surface area contributed by atoms with Crippen LogP contribution in [0.2, 0.25) is 0 Å². The van der Waals surface area contributed by atoms with E-state index >= 15 is 0 Å². The molecule has 2 N–H and O–H groups in total. The molecule has 0 aromatic carbocycles. The number of aromatic carboxylic acids is 1. The Labute approximate surface area is 118 Å². The Morgan fingerprint density at radius 3 is 2.70 bits per heavy atom. The van der Waals surface area contributed by atoms with Crippen LogP contribution in [0, 0.1) is 13.8 Å². The van der Waals surface area contributed by atoms with E-state index in [0.29, 0.717) is 5.01 Å². The second-order valence-electron chi connectivity index (χ2n) is 3.91. The van der Waals surface area contributed by atoms with Crippen LogP contribution in [0.15, 0.2) is 14.8 Å². The number of rotatable bonds is 5. The summed E-state index contributed by atoms with van der Waals surface area (Å²) in [6, 6.07) is 0. The van der Waals surface area contributed by atoms with Gasteiger partial charge in [0.05, 0.1) is 6.54 Å². The van der Waals surface area contributed by atoms with Gasteiger partial charge in [-0.2, -0.15) is 0 Å². The normalized spacial score (nSPS) is 11.7. The van der Waals surface area contributed by atoms with Gasteiger partial charge in [0.15, 0.2) is 11.5 Å². The van der Waals surface area contributed by atoms with Gasteiger partial charge >= 0.3 is 5.97 Å². The second-order valence-corrected chi connectivity index (χ2v) is 6.56. The number of hydrogen-bond donors (Lipinski definition) is 2. The van der Waals surface area contributed by atoms with Gasteiger partial charge in [0.1, 0.15) is 15.6 Å². The number of aromatic nitrogens is 2. The van der Waals surface area contributed by atoms with Crippen molar-refractivity contribution < 1.29 is 22.8 Å². The Kier molecular flexibility index (Phi) is 3.88. The van der Waals surface area contributed by atoms with Crippen molar-refractivity contribution >= 4 is 27.3 Å². The Bertz CT molecular complexity index is 727. The Morgan fingerprint density at radius 2 is 2.20 bits per heavy atom. The zero-order valence-corrected chi connectivity index (χ0v) is 12.2. The number of carbonyl (C=O) groups is 1. The minimum Gasteiger partial charge on any atom is -0.476 e. The van der Waals surface area contributed by atoms with Crippen LogP contribution < -0.4 is 4.72 Å². The fourth-order valence-corrected chi connectivity index (χ4v) is 3.69. The summed E-state index contributed by atoms with van der Waals surface area (Å²) in [6.07, 6.45) is 0. The lowest BCUT2D eigenvalue weighted by molar-refractivity contribution is 0.0691. The van der Waals surface area contributed by atoms with Gasteiger partial charge in [-0.05, 0) is 13.8 Å². The van der Waals surface area contributed by atoms with Crippen LogP contribution in [0.25, 0.3) is 0 Å². The molecule has 2 rings (SSSR count). The number of carboxylic acid groups (broad SMARTS) is 1. The molecule has 0 aliphatic carbocycles. The molecule has 0 radical (unpaired) electrons. The third-order valence-electron chi connectivity index (χ3n) is 2.42. The van der Waals surface area contributed by atoms with Crippen molar-refractivity contribution in [3.8, 4) is 0 Å². The van der Waals surface area contributed by atoms with E-state index in [1.807, 2.05) is 0 Å². The van der Waals surface area contributed by atoms with Gasteiger partial charge in [0, 0.05) is 5.38 Å². The molecule has 2 heterocycles. The number of carboxylic acids is 1. The molecule has 0 spiro atoms. The quantitative estimate of drug-likeness (QED) is 0.840. The first-order chi connectivity index (χ1) is 9.31. The predicted molar refractivity (Wildman–Crippen MR) is 69.1 cm³/mol. The molecule has 0 atom stereocenters. The molecule has 8 nitrogen and oxygen atoms in total. The average molecular weight is 317 g/mol. The molecule has 20 heavy (non-hydrogen) atoms. The monoisotopic (exact) mass is 317 g/mol. The minimum absolute atomic E-state index is 0.00693. The summed E-state index contributed by atoms with van der Waals surface area (Å²) >= 11 is 1.07. The number of hydrogen-bond acceptors (Lipinski definition) is 7. The smallest absolute Gasteiger partial charge is 0.355 e. The summed E-state index contributed by atoms with van der Waals surface area (Å²) < 4.78 is 31.3. The van der Waals surface area contributed by atoms with Crippen LogP contribution in [-0.4, -0.2) is 29.6 Å². The van der Waals surface area contributed by atoms with Gasteiger partial charge in [-0.1, -0.05) is 5.16 Å². The van der Waals surface area contributed by atoms with Crippen LogP contribution >= 0.6 is 11.3 Å². The van der Waals surface area contributed by atoms with Crippen molar-refractivity contribution in [1.29, 1.82) is 0 Å². The summed E-state index contributed by atoms with van der Waals surface area (Å²) in [4.78, 5) is 14.5. The van der Waals surface area contributed by atoms with Gasteiger partial charge in [-0.3, -0.25) is 0 Å². The molecule has 0 unspecified atom stereocenters. The number of sulfonamides is 1. The number of aryl methyl sites for hydroxylation is 2. The Balaban J connectivity index is 2.15. The maximum Gasteiger partial charge on any atom is 0.355 e. The predicted octanol–water partition coefficient (Wildman–Crippen LogP) is 0.925. The highest BCUT2D eigenvalue weighted by Gasteiger charge is 2.24. The second kappa shape index (κ2) is 5.31. The average Bonchev–Trinajstić information content (AvgIpc) is 2.94. The molecule has 0 bridgehead atoms. The lowest BCUT2D eigenvalue weighted by Crippen LogP contribution is -2.24. The van der Waals surface area contributed by atoms with Crippen molar-refractivity contribution in [3.63, 3.8) is 0 Å². The van der Waals surface area contributed by atoms with Crippen molar-refractivity contribution in [3.05, 3.63) is 27.5 Å². The molecule has 2 aromatic rings. The van der Waals surface area contributed by atoms with E-state index in [2.05, 4.69) is 14.9 Å². The van der Waals surface area contributed by atoms with E-state index in [1.54, 1.807) is 0 Å². The van der Waals surface area contributed by atoms with Crippen LogP contribution in [0.4, 0.5) is 0 Å². The SMILES string of the molecule is Cc1noc(C)c1S(=O)(=O)NCc1nc(C(=O)O)cs1. The Morgan fingerprint density at radius 1 is 1.50 bits per heavy atom. The van der Waals surface area contributed by atoms with Crippen molar-refractivity contribution in [1.82, 2.24) is 14.9 Å². The molecule has 0 saturated heterocycles. The molecule has 108 valence electrons. The van der Waals surface area contributed by atoms with E-state index in [1.165, 1.54) is 19.2 Å². The molecular formula is C10H11N3O5S2. The van der Waals surface area contributed by atoms with E-state index in [4.69, 9.17) is 9.63 Å². The van der Waals surface area contributed by atoms with Gasteiger partial charge in [-0.15, -0.1) is 11.3 Å². The van der Waals surface area contributed by atoms with E-state index in [-0.39, 0.29) is 28.6 Å². The maximum atomic E-state index is 12.1. The minimum atomic E-state index is -3.77. The fourth-order valence-electron chi connectivity index (χ4n) is 1.58. The van der Waals surface area contributed by atoms with Crippen molar-refractivity contribution in [2.24, 2.45) is 0 Å². The molecule has 0 fully saturated rings. The lowest BCUT2D eigenvalue weighted by Gasteiger charge is -2.03. The van der Waals surface area contributed by atoms with Gasteiger partial charge in [0.2, 0.25) is 10.0 Å². The summed E-state index contributed by atoms with van der Waals surface area (Å²) in [5.41, 5.74) is 0.155. The molecule has 0 saturated carbocycles. The van der Waals surface area contributed by atoms with E-state index < -0.39 is 16.0 Å². The van der Waals surface area contributed by atoms with E-state index in [0.717, 1.165) is 11.3 Å². The highest BCUT2D eigenvalue weighted by atomic mass is 32.2. The zero-order chi connectivity index (χ0) is 14.9. The van der Waals surface area contributed by atoms with Crippen LogP contribution in [0.5, 0.6) is 0 Å². The molecule has 10 heteroatoms. The molecular weight excluding hydrogens is 306 g/mol. The molecule has 0 amide bonds. The zero-order valence-electron chi connectivity index (χ0n) is 10.6.